The monoisotopic (exact) mass is 437 g/mol. The number of aliphatic hydroxyl groups is 1. The maximum absolute atomic E-state index is 12.7. The van der Waals surface area contributed by atoms with E-state index in [-0.39, 0.29) is 28.6 Å². The Balaban J connectivity index is 1.60. The molecule has 0 radical (unpaired) electrons. The topological polar surface area (TPSA) is 58.6 Å². The van der Waals surface area contributed by atoms with Crippen LogP contribution in [0.4, 0.5) is 4.79 Å². The number of rotatable bonds is 3. The fourth-order valence-corrected chi connectivity index (χ4v) is 9.42. The predicted molar refractivity (Wildman–Crippen MR) is 124 cm³/mol. The molecule has 0 aliphatic heterocycles. The summed E-state index contributed by atoms with van der Waals surface area (Å²) < 4.78 is 5.64. The lowest BCUT2D eigenvalue weighted by atomic mass is 9.36. The number of thioether (sulfide) groups is 1. The molecule has 5 fully saturated rings. The SMILES string of the molecule is CSC[C@H]1[C@@H]2CC[C@@]3(CC[C@H]4[C@@](C)(CCC[C@@]4(C)NC(=O)OC(C)(C)C)[C@@H]3C2)[C@@H]1O. The molecule has 5 rings (SSSR count). The average molecular weight is 438 g/mol. The van der Waals surface area contributed by atoms with Gasteiger partial charge in [-0.25, -0.2) is 4.79 Å². The number of amides is 1. The van der Waals surface area contributed by atoms with Gasteiger partial charge in [0, 0.05) is 5.54 Å². The molecule has 0 aromatic rings. The highest BCUT2D eigenvalue weighted by molar-refractivity contribution is 7.98. The lowest BCUT2D eigenvalue weighted by Gasteiger charge is -2.70. The summed E-state index contributed by atoms with van der Waals surface area (Å²) in [7, 11) is 0. The summed E-state index contributed by atoms with van der Waals surface area (Å²) >= 11 is 1.90. The first-order chi connectivity index (χ1) is 14.0. The second kappa shape index (κ2) is 7.57. The van der Waals surface area contributed by atoms with Crippen molar-refractivity contribution in [1.29, 1.82) is 0 Å². The van der Waals surface area contributed by atoms with Crippen molar-refractivity contribution in [2.45, 2.75) is 103 Å². The number of carbonyl (C=O) groups is 1. The van der Waals surface area contributed by atoms with E-state index in [9.17, 15) is 9.90 Å². The second-order valence-corrected chi connectivity index (χ2v) is 13.3. The van der Waals surface area contributed by atoms with Gasteiger partial charge in [-0.05, 0) is 119 Å². The van der Waals surface area contributed by atoms with Crippen molar-refractivity contribution in [1.82, 2.24) is 5.32 Å². The molecule has 2 bridgehead atoms. The number of aliphatic hydroxyl groups excluding tert-OH is 1. The molecule has 30 heavy (non-hydrogen) atoms. The normalized spacial score (nSPS) is 47.9. The van der Waals surface area contributed by atoms with Gasteiger partial charge in [-0.3, -0.25) is 0 Å². The Hall–Kier alpha value is -0.420. The number of fused-ring (bicyclic) bond motifs is 3. The van der Waals surface area contributed by atoms with E-state index in [2.05, 4.69) is 25.4 Å². The minimum atomic E-state index is -0.478. The standard InChI is InChI=1S/C25H43NO3S/c1-22(2,3)29-21(28)26-24(5)11-7-10-23(4)18(24)9-13-25-12-8-16(14-19(23)25)17(15-30-6)20(25)27/h16-20,27H,7-15H2,1-6H3,(H,26,28)/t16-,17+,18+,19+,20-,23-,24-,25+/m1/s1. The summed E-state index contributed by atoms with van der Waals surface area (Å²) in [6, 6.07) is 0. The van der Waals surface area contributed by atoms with Gasteiger partial charge in [-0.1, -0.05) is 13.3 Å². The summed E-state index contributed by atoms with van der Waals surface area (Å²) in [5.74, 6) is 3.27. The van der Waals surface area contributed by atoms with E-state index >= 15 is 0 Å². The Bertz CT molecular complexity index is 678. The average Bonchev–Trinajstić information content (AvgIpc) is 2.62. The van der Waals surface area contributed by atoms with Gasteiger partial charge in [0.2, 0.25) is 0 Å². The molecule has 0 heterocycles. The smallest absolute Gasteiger partial charge is 0.408 e. The Labute approximate surface area is 187 Å². The van der Waals surface area contributed by atoms with Crippen LogP contribution in [0.3, 0.4) is 0 Å². The fourth-order valence-electron chi connectivity index (χ4n) is 8.58. The van der Waals surface area contributed by atoms with E-state index in [0.29, 0.717) is 23.7 Å². The number of ether oxygens (including phenoxy) is 1. The maximum atomic E-state index is 12.7. The maximum Gasteiger partial charge on any atom is 0.408 e. The van der Waals surface area contributed by atoms with Crippen molar-refractivity contribution in [2.75, 3.05) is 12.0 Å². The van der Waals surface area contributed by atoms with Crippen molar-refractivity contribution >= 4 is 17.9 Å². The number of hydrogen-bond donors (Lipinski definition) is 2. The van der Waals surface area contributed by atoms with Crippen LogP contribution in [0.15, 0.2) is 0 Å². The van der Waals surface area contributed by atoms with Crippen LogP contribution in [0.5, 0.6) is 0 Å². The van der Waals surface area contributed by atoms with Gasteiger partial charge < -0.3 is 15.2 Å². The highest BCUT2D eigenvalue weighted by Gasteiger charge is 2.67. The van der Waals surface area contributed by atoms with Crippen molar-refractivity contribution in [3.05, 3.63) is 0 Å². The number of carbonyl (C=O) groups excluding carboxylic acids is 1. The molecule has 8 atom stereocenters. The summed E-state index contributed by atoms with van der Waals surface area (Å²) in [4.78, 5) is 12.7. The minimum Gasteiger partial charge on any atom is -0.444 e. The van der Waals surface area contributed by atoms with Crippen molar-refractivity contribution in [3.8, 4) is 0 Å². The zero-order valence-electron chi connectivity index (χ0n) is 19.9. The molecule has 1 spiro atoms. The number of hydrogen-bond acceptors (Lipinski definition) is 4. The van der Waals surface area contributed by atoms with Crippen LogP contribution in [-0.4, -0.2) is 40.5 Å². The van der Waals surface area contributed by atoms with Crippen LogP contribution in [0.2, 0.25) is 0 Å². The fraction of sp³-hybridized carbons (Fsp3) is 0.960. The van der Waals surface area contributed by atoms with E-state index < -0.39 is 5.60 Å². The van der Waals surface area contributed by atoms with E-state index in [0.717, 1.165) is 31.4 Å². The van der Waals surface area contributed by atoms with Crippen LogP contribution in [0.25, 0.3) is 0 Å². The van der Waals surface area contributed by atoms with Gasteiger partial charge in [-0.15, -0.1) is 0 Å². The van der Waals surface area contributed by atoms with Gasteiger partial charge in [0.25, 0.3) is 0 Å². The molecule has 0 aromatic heterocycles. The van der Waals surface area contributed by atoms with E-state index in [4.69, 9.17) is 4.74 Å². The van der Waals surface area contributed by atoms with Crippen LogP contribution in [0, 0.1) is 34.5 Å². The first-order valence-corrected chi connectivity index (χ1v) is 13.5. The highest BCUT2D eigenvalue weighted by Crippen LogP contribution is 2.71. The lowest BCUT2D eigenvalue weighted by Crippen LogP contribution is -2.69. The molecule has 0 saturated heterocycles. The molecule has 1 amide bonds. The van der Waals surface area contributed by atoms with Gasteiger partial charge in [-0.2, -0.15) is 11.8 Å². The van der Waals surface area contributed by atoms with Crippen molar-refractivity contribution in [2.24, 2.45) is 34.5 Å². The highest BCUT2D eigenvalue weighted by atomic mass is 32.2. The third-order valence-corrected chi connectivity index (χ3v) is 10.3. The zero-order chi connectivity index (χ0) is 21.9. The Morgan fingerprint density at radius 3 is 2.50 bits per heavy atom. The molecule has 5 aliphatic carbocycles. The zero-order valence-corrected chi connectivity index (χ0v) is 20.7. The molecule has 5 heteroatoms. The molecule has 0 unspecified atom stereocenters. The number of alkyl carbamates (subject to hydrolysis) is 1. The van der Waals surface area contributed by atoms with Crippen LogP contribution >= 0.6 is 11.8 Å². The molecule has 5 saturated carbocycles. The first kappa shape index (κ1) is 22.8. The van der Waals surface area contributed by atoms with E-state index in [1.54, 1.807) is 0 Å². The lowest BCUT2D eigenvalue weighted by molar-refractivity contribution is -0.233. The van der Waals surface area contributed by atoms with Gasteiger partial charge in [0.05, 0.1) is 6.10 Å². The first-order valence-electron chi connectivity index (χ1n) is 12.1. The molecule has 4 nitrogen and oxygen atoms in total. The van der Waals surface area contributed by atoms with Crippen molar-refractivity contribution < 1.29 is 14.6 Å². The minimum absolute atomic E-state index is 0.102. The largest absolute Gasteiger partial charge is 0.444 e. The van der Waals surface area contributed by atoms with Gasteiger partial charge >= 0.3 is 6.09 Å². The van der Waals surface area contributed by atoms with Gasteiger partial charge in [0.15, 0.2) is 0 Å². The summed E-state index contributed by atoms with van der Waals surface area (Å²) in [6.07, 6.45) is 11.1. The second-order valence-electron chi connectivity index (χ2n) is 12.4. The van der Waals surface area contributed by atoms with Crippen LogP contribution in [-0.2, 0) is 4.74 Å². The van der Waals surface area contributed by atoms with Crippen LogP contribution in [0.1, 0.15) is 86.0 Å². The Kier molecular flexibility index (Phi) is 5.75. The summed E-state index contributed by atoms with van der Waals surface area (Å²) in [5, 5.41) is 14.9. The molecular weight excluding hydrogens is 394 g/mol. The molecule has 0 aromatic carbocycles. The number of nitrogens with one attached hydrogen (secondary N) is 1. The van der Waals surface area contributed by atoms with Crippen LogP contribution < -0.4 is 5.32 Å². The quantitative estimate of drug-likeness (QED) is 0.601. The third kappa shape index (κ3) is 3.50. The third-order valence-electron chi connectivity index (χ3n) is 9.63. The summed E-state index contributed by atoms with van der Waals surface area (Å²) in [5.41, 5.74) is -0.417. The predicted octanol–water partition coefficient (Wildman–Crippen LogP) is 5.63. The van der Waals surface area contributed by atoms with E-state index in [1.807, 2.05) is 32.5 Å². The molecular formula is C25H43NO3S. The molecule has 2 N–H and O–H groups in total. The Morgan fingerprint density at radius 1 is 1.13 bits per heavy atom. The molecule has 5 aliphatic rings. The Morgan fingerprint density at radius 2 is 1.83 bits per heavy atom. The molecule has 172 valence electrons. The summed E-state index contributed by atoms with van der Waals surface area (Å²) in [6.45, 7) is 10.5. The van der Waals surface area contributed by atoms with E-state index in [1.165, 1.54) is 25.7 Å². The van der Waals surface area contributed by atoms with Crippen molar-refractivity contribution in [3.63, 3.8) is 0 Å². The van der Waals surface area contributed by atoms with Gasteiger partial charge in [0.1, 0.15) is 5.60 Å².